The minimum absolute atomic E-state index is 0.154. The van der Waals surface area contributed by atoms with Gasteiger partial charge in [0.05, 0.1) is 0 Å². The van der Waals surface area contributed by atoms with E-state index in [4.69, 9.17) is 0 Å². The van der Waals surface area contributed by atoms with Crippen LogP contribution in [0.2, 0.25) is 0 Å². The van der Waals surface area contributed by atoms with Crippen molar-refractivity contribution in [1.82, 2.24) is 5.32 Å². The summed E-state index contributed by atoms with van der Waals surface area (Å²) in [5.74, 6) is 1.11. The van der Waals surface area contributed by atoms with E-state index in [9.17, 15) is 4.39 Å². The van der Waals surface area contributed by atoms with Gasteiger partial charge in [0.25, 0.3) is 0 Å². The van der Waals surface area contributed by atoms with Gasteiger partial charge in [0, 0.05) is 16.6 Å². The summed E-state index contributed by atoms with van der Waals surface area (Å²) in [5, 5.41) is 3.29. The second-order valence-corrected chi connectivity index (χ2v) is 5.50. The highest BCUT2D eigenvalue weighted by Crippen LogP contribution is 2.15. The molecule has 3 heteroatoms. The Balaban J connectivity index is 2.43. The molecule has 0 heterocycles. The highest BCUT2D eigenvalue weighted by Gasteiger charge is 2.07. The molecule has 0 saturated carbocycles. The van der Waals surface area contributed by atoms with Gasteiger partial charge in [0.2, 0.25) is 0 Å². The average Bonchev–Trinajstić information content (AvgIpc) is 2.20. The van der Waals surface area contributed by atoms with Crippen LogP contribution in [0, 0.1) is 17.7 Å². The van der Waals surface area contributed by atoms with Crippen LogP contribution in [-0.2, 0) is 6.54 Å². The summed E-state index contributed by atoms with van der Waals surface area (Å²) in [6.45, 7) is 8.12. The number of halogens is 2. The lowest BCUT2D eigenvalue weighted by atomic mass is 9.98. The van der Waals surface area contributed by atoms with Crippen LogP contribution in [0.5, 0.6) is 0 Å². The summed E-state index contributed by atoms with van der Waals surface area (Å²) in [6.07, 6.45) is 0. The molecule has 0 aliphatic heterocycles. The van der Waals surface area contributed by atoms with Gasteiger partial charge in [-0.05, 0) is 30.5 Å². The molecule has 0 fully saturated rings. The number of hydrogen-bond acceptors (Lipinski definition) is 1. The molecule has 0 spiro atoms. The summed E-state index contributed by atoms with van der Waals surface area (Å²) in [6, 6.07) is 5.18. The first-order chi connectivity index (χ1) is 7.50. The van der Waals surface area contributed by atoms with Crippen molar-refractivity contribution in [1.29, 1.82) is 0 Å². The molecule has 0 aliphatic carbocycles. The van der Waals surface area contributed by atoms with Crippen LogP contribution in [0.25, 0.3) is 0 Å². The zero-order chi connectivity index (χ0) is 12.1. The van der Waals surface area contributed by atoms with E-state index >= 15 is 0 Å². The molecule has 0 radical (unpaired) electrons. The largest absolute Gasteiger partial charge is 0.312 e. The number of rotatable bonds is 5. The molecule has 0 amide bonds. The van der Waals surface area contributed by atoms with Crippen molar-refractivity contribution < 1.29 is 4.39 Å². The summed E-state index contributed by atoms with van der Waals surface area (Å²) in [5.41, 5.74) is 0.721. The SMILES string of the molecule is CC(C)C(C)CNCc1ccc(Br)cc1F. The van der Waals surface area contributed by atoms with Gasteiger partial charge in [-0.15, -0.1) is 0 Å². The van der Waals surface area contributed by atoms with Gasteiger partial charge in [-0.25, -0.2) is 4.39 Å². The van der Waals surface area contributed by atoms with E-state index in [-0.39, 0.29) is 5.82 Å². The molecule has 0 saturated heterocycles. The maximum Gasteiger partial charge on any atom is 0.128 e. The van der Waals surface area contributed by atoms with Crippen molar-refractivity contribution in [3.05, 3.63) is 34.1 Å². The molecular formula is C13H19BrFN. The summed E-state index contributed by atoms with van der Waals surface area (Å²) < 4.78 is 14.2. The third-order valence-corrected chi connectivity index (χ3v) is 3.43. The molecule has 1 aromatic carbocycles. The third kappa shape index (κ3) is 4.22. The van der Waals surface area contributed by atoms with Crippen molar-refractivity contribution in [2.24, 2.45) is 11.8 Å². The molecule has 1 atom stereocenters. The minimum atomic E-state index is -0.154. The Morgan fingerprint density at radius 3 is 2.56 bits per heavy atom. The van der Waals surface area contributed by atoms with E-state index < -0.39 is 0 Å². The topological polar surface area (TPSA) is 12.0 Å². The average molecular weight is 288 g/mol. The Kier molecular flexibility index (Phi) is 5.42. The van der Waals surface area contributed by atoms with Crippen LogP contribution < -0.4 is 5.32 Å². The van der Waals surface area contributed by atoms with E-state index in [1.807, 2.05) is 12.1 Å². The lowest BCUT2D eigenvalue weighted by Gasteiger charge is -2.16. The fourth-order valence-corrected chi connectivity index (χ4v) is 1.67. The molecule has 0 aliphatic rings. The first-order valence-electron chi connectivity index (χ1n) is 5.65. The van der Waals surface area contributed by atoms with Crippen LogP contribution in [0.4, 0.5) is 4.39 Å². The Bertz CT molecular complexity index is 339. The monoisotopic (exact) mass is 287 g/mol. The number of nitrogens with one attached hydrogen (secondary N) is 1. The standard InChI is InChI=1S/C13H19BrFN/c1-9(2)10(3)7-16-8-11-4-5-12(14)6-13(11)15/h4-6,9-10,16H,7-8H2,1-3H3. The Labute approximate surface area is 106 Å². The fourth-order valence-electron chi connectivity index (χ4n) is 1.34. The minimum Gasteiger partial charge on any atom is -0.312 e. The zero-order valence-electron chi connectivity index (χ0n) is 10.1. The van der Waals surface area contributed by atoms with E-state index in [0.717, 1.165) is 16.6 Å². The Morgan fingerprint density at radius 1 is 1.31 bits per heavy atom. The smallest absolute Gasteiger partial charge is 0.128 e. The van der Waals surface area contributed by atoms with Gasteiger partial charge in [-0.2, -0.15) is 0 Å². The van der Waals surface area contributed by atoms with Gasteiger partial charge >= 0.3 is 0 Å². The fraction of sp³-hybridized carbons (Fsp3) is 0.538. The van der Waals surface area contributed by atoms with Crippen LogP contribution in [0.1, 0.15) is 26.3 Å². The quantitative estimate of drug-likeness (QED) is 0.864. The van der Waals surface area contributed by atoms with Crippen molar-refractivity contribution >= 4 is 15.9 Å². The second-order valence-electron chi connectivity index (χ2n) is 4.59. The van der Waals surface area contributed by atoms with Crippen LogP contribution >= 0.6 is 15.9 Å². The predicted octanol–water partition coefficient (Wildman–Crippen LogP) is 3.97. The maximum absolute atomic E-state index is 13.5. The van der Waals surface area contributed by atoms with Crippen LogP contribution in [0.15, 0.2) is 22.7 Å². The van der Waals surface area contributed by atoms with E-state index in [1.165, 1.54) is 6.07 Å². The third-order valence-electron chi connectivity index (χ3n) is 2.93. The molecule has 0 aromatic heterocycles. The molecule has 1 nitrogen and oxygen atoms in total. The zero-order valence-corrected chi connectivity index (χ0v) is 11.6. The molecule has 1 rings (SSSR count). The molecule has 0 bridgehead atoms. The Morgan fingerprint density at radius 2 is 2.00 bits per heavy atom. The summed E-state index contributed by atoms with van der Waals surface area (Å²) >= 11 is 3.25. The Hall–Kier alpha value is -0.410. The number of hydrogen-bond donors (Lipinski definition) is 1. The first kappa shape index (κ1) is 13.7. The maximum atomic E-state index is 13.5. The summed E-state index contributed by atoms with van der Waals surface area (Å²) in [4.78, 5) is 0. The highest BCUT2D eigenvalue weighted by atomic mass is 79.9. The predicted molar refractivity (Wildman–Crippen MR) is 69.8 cm³/mol. The molecule has 90 valence electrons. The summed E-state index contributed by atoms with van der Waals surface area (Å²) in [7, 11) is 0. The van der Waals surface area contributed by atoms with Gasteiger partial charge in [0.15, 0.2) is 0 Å². The van der Waals surface area contributed by atoms with E-state index in [1.54, 1.807) is 0 Å². The lowest BCUT2D eigenvalue weighted by Crippen LogP contribution is -2.24. The molecule has 1 aromatic rings. The first-order valence-corrected chi connectivity index (χ1v) is 6.44. The van der Waals surface area contributed by atoms with Crippen molar-refractivity contribution in [2.45, 2.75) is 27.3 Å². The second kappa shape index (κ2) is 6.36. The lowest BCUT2D eigenvalue weighted by molar-refractivity contribution is 0.391. The van der Waals surface area contributed by atoms with Crippen molar-refractivity contribution in [3.8, 4) is 0 Å². The van der Waals surface area contributed by atoms with Crippen molar-refractivity contribution in [2.75, 3.05) is 6.54 Å². The molecule has 1 unspecified atom stereocenters. The highest BCUT2D eigenvalue weighted by molar-refractivity contribution is 9.10. The van der Waals surface area contributed by atoms with Gasteiger partial charge in [-0.1, -0.05) is 42.8 Å². The normalized spacial score (nSPS) is 13.1. The number of benzene rings is 1. The van der Waals surface area contributed by atoms with Gasteiger partial charge in [0.1, 0.15) is 5.82 Å². The van der Waals surface area contributed by atoms with Gasteiger partial charge in [-0.3, -0.25) is 0 Å². The van der Waals surface area contributed by atoms with Crippen molar-refractivity contribution in [3.63, 3.8) is 0 Å². The van der Waals surface area contributed by atoms with Gasteiger partial charge < -0.3 is 5.32 Å². The van der Waals surface area contributed by atoms with Crippen LogP contribution in [-0.4, -0.2) is 6.54 Å². The van der Waals surface area contributed by atoms with Crippen LogP contribution in [0.3, 0.4) is 0 Å². The molecule has 1 N–H and O–H groups in total. The molecular weight excluding hydrogens is 269 g/mol. The van der Waals surface area contributed by atoms with E-state index in [0.29, 0.717) is 18.4 Å². The van der Waals surface area contributed by atoms with E-state index in [2.05, 4.69) is 42.0 Å². The molecule has 16 heavy (non-hydrogen) atoms.